The number of hydrogen-bond donors (Lipinski definition) is 2. The lowest BCUT2D eigenvalue weighted by atomic mass is 10.0. The van der Waals surface area contributed by atoms with Crippen molar-refractivity contribution in [1.82, 2.24) is 15.6 Å². The number of ether oxygens (including phenoxy) is 1. The van der Waals surface area contributed by atoms with Crippen molar-refractivity contribution in [2.24, 2.45) is 0 Å². The fourth-order valence-corrected chi connectivity index (χ4v) is 3.38. The van der Waals surface area contributed by atoms with E-state index in [2.05, 4.69) is 15.6 Å². The van der Waals surface area contributed by atoms with Crippen LogP contribution in [0.25, 0.3) is 22.2 Å². The third kappa shape index (κ3) is 4.03. The van der Waals surface area contributed by atoms with Crippen LogP contribution in [0.3, 0.4) is 0 Å². The zero-order valence-electron chi connectivity index (χ0n) is 15.7. The summed E-state index contributed by atoms with van der Waals surface area (Å²) in [6, 6.07) is 13.9. The third-order valence-corrected chi connectivity index (χ3v) is 4.92. The Balaban J connectivity index is 1.49. The molecule has 28 heavy (non-hydrogen) atoms. The minimum Gasteiger partial charge on any atom is -0.374 e. The van der Waals surface area contributed by atoms with Crippen LogP contribution in [0.1, 0.15) is 15.9 Å². The Morgan fingerprint density at radius 3 is 2.82 bits per heavy atom. The van der Waals surface area contributed by atoms with Crippen molar-refractivity contribution in [3.63, 3.8) is 0 Å². The number of amides is 1. The predicted octanol–water partition coefficient (Wildman–Crippen LogP) is 3.07. The first-order valence-corrected chi connectivity index (χ1v) is 9.38. The molecule has 1 amide bonds. The summed E-state index contributed by atoms with van der Waals surface area (Å²) < 4.78 is 19.1. The van der Waals surface area contributed by atoms with Crippen LogP contribution in [0.15, 0.2) is 48.5 Å². The van der Waals surface area contributed by atoms with Crippen LogP contribution in [0.2, 0.25) is 0 Å². The first-order valence-electron chi connectivity index (χ1n) is 9.38. The van der Waals surface area contributed by atoms with Gasteiger partial charge in [-0.25, -0.2) is 9.37 Å². The summed E-state index contributed by atoms with van der Waals surface area (Å²) in [5.41, 5.74) is 3.87. The lowest BCUT2D eigenvalue weighted by Crippen LogP contribution is -2.45. The summed E-state index contributed by atoms with van der Waals surface area (Å²) >= 11 is 0. The minimum atomic E-state index is -0.305. The highest BCUT2D eigenvalue weighted by molar-refractivity contribution is 5.94. The van der Waals surface area contributed by atoms with E-state index in [1.165, 1.54) is 12.1 Å². The number of benzene rings is 2. The molecule has 1 aromatic heterocycles. The van der Waals surface area contributed by atoms with Crippen LogP contribution < -0.4 is 10.6 Å². The molecule has 1 aliphatic rings. The Morgan fingerprint density at radius 2 is 2.07 bits per heavy atom. The Hall–Kier alpha value is -2.83. The van der Waals surface area contributed by atoms with E-state index in [4.69, 9.17) is 4.74 Å². The van der Waals surface area contributed by atoms with Crippen molar-refractivity contribution in [3.8, 4) is 11.3 Å². The number of halogens is 1. The molecule has 0 radical (unpaired) electrons. The van der Waals surface area contributed by atoms with Gasteiger partial charge < -0.3 is 15.4 Å². The van der Waals surface area contributed by atoms with Gasteiger partial charge in [-0.1, -0.05) is 12.1 Å². The van der Waals surface area contributed by atoms with E-state index in [9.17, 15) is 9.18 Å². The van der Waals surface area contributed by atoms with Crippen molar-refractivity contribution in [2.75, 3.05) is 26.2 Å². The number of nitrogens with one attached hydrogen (secondary N) is 2. The second kappa shape index (κ2) is 8.04. The average molecular weight is 379 g/mol. The number of hydrogen-bond acceptors (Lipinski definition) is 4. The molecule has 0 aliphatic carbocycles. The van der Waals surface area contributed by atoms with E-state index in [0.717, 1.165) is 35.3 Å². The molecule has 1 saturated heterocycles. The van der Waals surface area contributed by atoms with Gasteiger partial charge in [-0.05, 0) is 42.8 Å². The molecule has 4 rings (SSSR count). The number of nitrogens with zero attached hydrogens (tertiary/aromatic N) is 1. The Labute approximate surface area is 162 Å². The van der Waals surface area contributed by atoms with E-state index in [1.54, 1.807) is 18.2 Å². The number of aromatic nitrogens is 1. The molecule has 0 unspecified atom stereocenters. The molecular weight excluding hydrogens is 357 g/mol. The molecule has 5 nitrogen and oxygen atoms in total. The molecule has 2 heterocycles. The molecular formula is C22H22FN3O2. The summed E-state index contributed by atoms with van der Waals surface area (Å²) in [5.74, 6) is -0.439. The fraction of sp³-hybridized carbons (Fsp3) is 0.273. The SMILES string of the molecule is Cc1cc(-c2ccc(C(=O)NC[C@H]3CNCCO3)cc2)nc2cc(F)ccc12. The van der Waals surface area contributed by atoms with Gasteiger partial charge in [-0.3, -0.25) is 4.79 Å². The first-order chi connectivity index (χ1) is 13.6. The van der Waals surface area contributed by atoms with Gasteiger partial charge in [-0.15, -0.1) is 0 Å². The zero-order chi connectivity index (χ0) is 19.5. The standard InChI is InChI=1S/C22H22FN3O2/c1-14-10-20(26-21-11-17(23)6-7-19(14)21)15-2-4-16(5-3-15)22(27)25-13-18-12-24-8-9-28-18/h2-7,10-11,18,24H,8-9,12-13H2,1H3,(H,25,27)/t18-/m1/s1. The Bertz CT molecular complexity index is 999. The van der Waals surface area contributed by atoms with E-state index in [1.807, 2.05) is 25.1 Å². The van der Waals surface area contributed by atoms with Gasteiger partial charge in [0.2, 0.25) is 0 Å². The van der Waals surface area contributed by atoms with E-state index in [-0.39, 0.29) is 17.8 Å². The summed E-state index contributed by atoms with van der Waals surface area (Å²) in [6.45, 7) is 4.71. The predicted molar refractivity (Wildman–Crippen MR) is 107 cm³/mol. The number of carbonyl (C=O) groups excluding carboxylic acids is 1. The molecule has 0 saturated carbocycles. The van der Waals surface area contributed by atoms with Gasteiger partial charge in [0.15, 0.2) is 0 Å². The normalized spacial score (nSPS) is 16.9. The van der Waals surface area contributed by atoms with E-state index >= 15 is 0 Å². The number of aryl methyl sites for hydroxylation is 1. The molecule has 0 bridgehead atoms. The van der Waals surface area contributed by atoms with Crippen LogP contribution in [0, 0.1) is 12.7 Å². The molecule has 3 aromatic rings. The number of rotatable bonds is 4. The van der Waals surface area contributed by atoms with Crippen LogP contribution in [0.4, 0.5) is 4.39 Å². The topological polar surface area (TPSA) is 63.2 Å². The Kier molecular flexibility index (Phi) is 5.32. The maximum atomic E-state index is 13.6. The van der Waals surface area contributed by atoms with Gasteiger partial charge in [0.1, 0.15) is 5.82 Å². The number of fused-ring (bicyclic) bond motifs is 1. The number of pyridine rings is 1. The maximum Gasteiger partial charge on any atom is 0.251 e. The highest BCUT2D eigenvalue weighted by atomic mass is 19.1. The van der Waals surface area contributed by atoms with Crippen molar-refractivity contribution >= 4 is 16.8 Å². The van der Waals surface area contributed by atoms with Crippen LogP contribution in [-0.2, 0) is 4.74 Å². The van der Waals surface area contributed by atoms with Crippen LogP contribution >= 0.6 is 0 Å². The Morgan fingerprint density at radius 1 is 1.25 bits per heavy atom. The van der Waals surface area contributed by atoms with Crippen molar-refractivity contribution in [2.45, 2.75) is 13.0 Å². The highest BCUT2D eigenvalue weighted by Gasteiger charge is 2.15. The third-order valence-electron chi connectivity index (χ3n) is 4.92. The summed E-state index contributed by atoms with van der Waals surface area (Å²) in [6.07, 6.45) is 0.00198. The average Bonchev–Trinajstić information content (AvgIpc) is 2.72. The number of morpholine rings is 1. The molecule has 0 spiro atoms. The second-order valence-corrected chi connectivity index (χ2v) is 6.97. The zero-order valence-corrected chi connectivity index (χ0v) is 15.7. The molecule has 2 aromatic carbocycles. The van der Waals surface area contributed by atoms with Gasteiger partial charge in [0, 0.05) is 42.2 Å². The minimum absolute atomic E-state index is 0.00198. The second-order valence-electron chi connectivity index (χ2n) is 6.97. The lowest BCUT2D eigenvalue weighted by Gasteiger charge is -2.23. The monoisotopic (exact) mass is 379 g/mol. The van der Waals surface area contributed by atoms with Crippen molar-refractivity contribution in [1.29, 1.82) is 0 Å². The summed E-state index contributed by atoms with van der Waals surface area (Å²) in [5, 5.41) is 7.08. The molecule has 2 N–H and O–H groups in total. The molecule has 1 fully saturated rings. The van der Waals surface area contributed by atoms with Crippen LogP contribution in [0.5, 0.6) is 0 Å². The van der Waals surface area contributed by atoms with E-state index < -0.39 is 0 Å². The molecule has 144 valence electrons. The lowest BCUT2D eigenvalue weighted by molar-refractivity contribution is 0.0287. The number of carbonyl (C=O) groups is 1. The van der Waals surface area contributed by atoms with Gasteiger partial charge >= 0.3 is 0 Å². The van der Waals surface area contributed by atoms with Gasteiger partial charge in [0.25, 0.3) is 5.91 Å². The molecule has 6 heteroatoms. The quantitative estimate of drug-likeness (QED) is 0.731. The van der Waals surface area contributed by atoms with Gasteiger partial charge in [0.05, 0.1) is 23.9 Å². The van der Waals surface area contributed by atoms with Crippen LogP contribution in [-0.4, -0.2) is 43.2 Å². The van der Waals surface area contributed by atoms with Crippen molar-refractivity contribution in [3.05, 3.63) is 65.5 Å². The van der Waals surface area contributed by atoms with Crippen molar-refractivity contribution < 1.29 is 13.9 Å². The molecule has 1 atom stereocenters. The maximum absolute atomic E-state index is 13.6. The summed E-state index contributed by atoms with van der Waals surface area (Å²) in [7, 11) is 0. The fourth-order valence-electron chi connectivity index (χ4n) is 3.38. The summed E-state index contributed by atoms with van der Waals surface area (Å²) in [4.78, 5) is 16.9. The smallest absolute Gasteiger partial charge is 0.251 e. The van der Waals surface area contributed by atoms with E-state index in [0.29, 0.717) is 24.2 Å². The molecule has 1 aliphatic heterocycles. The highest BCUT2D eigenvalue weighted by Crippen LogP contribution is 2.25. The first kappa shape index (κ1) is 18.5. The largest absolute Gasteiger partial charge is 0.374 e. The van der Waals surface area contributed by atoms with Gasteiger partial charge in [-0.2, -0.15) is 0 Å².